The number of allylic oxidation sites excluding steroid dienone is 1. The molecule has 0 aromatic carbocycles. The second kappa shape index (κ2) is 23.3. The monoisotopic (exact) mass is 1150 g/mol. The van der Waals surface area contributed by atoms with Gasteiger partial charge in [0.2, 0.25) is 0 Å². The molecule has 0 amide bonds. The van der Waals surface area contributed by atoms with Crippen LogP contribution in [-0.2, 0) is 66.7 Å². The van der Waals surface area contributed by atoms with Crippen LogP contribution in [-0.4, -0.2) is 231 Å². The summed E-state index contributed by atoms with van der Waals surface area (Å²) in [5.74, 6) is 0.0817. The zero-order chi connectivity index (χ0) is 57.6. The summed E-state index contributed by atoms with van der Waals surface area (Å²) in [5, 5.41) is 111. The SMILES string of the molecule is COC1C(O)C(CO)OC(OC2C(O)C(CO)OC(OC3C(C)OC(OC4C(OC5CCC6(C)C7=CC(O)C89C(=O)OC(C)(CCCC(C)C)C8CCC9C7CCC6C5(C)C)OCC(OS(=O)(=O)O)C4O)C(O)C3O)C2O)C1O. The minimum absolute atomic E-state index is 0.0243. The molecule has 0 aromatic rings. The second-order valence-electron chi connectivity index (χ2n) is 25.2. The van der Waals surface area contributed by atoms with Crippen molar-refractivity contribution in [2.45, 2.75) is 241 Å². The molecule has 28 atom stereocenters. The zero-order valence-electron chi connectivity index (χ0n) is 46.1. The van der Waals surface area contributed by atoms with Crippen molar-refractivity contribution in [3.05, 3.63) is 11.6 Å². The lowest BCUT2D eigenvalue weighted by atomic mass is 9.43. The number of ether oxygens (including phenoxy) is 10. The molecule has 79 heavy (non-hydrogen) atoms. The van der Waals surface area contributed by atoms with E-state index in [4.69, 9.17) is 51.6 Å². The van der Waals surface area contributed by atoms with E-state index in [1.54, 1.807) is 0 Å². The molecule has 11 N–H and O–H groups in total. The van der Waals surface area contributed by atoms with Gasteiger partial charge in [-0.15, -0.1) is 0 Å². The van der Waals surface area contributed by atoms with Crippen LogP contribution in [0.4, 0.5) is 0 Å². The number of fused-ring (bicyclic) bond motifs is 4. The van der Waals surface area contributed by atoms with Crippen molar-refractivity contribution in [2.75, 3.05) is 26.9 Å². The summed E-state index contributed by atoms with van der Waals surface area (Å²) in [4.78, 5) is 14.2. The van der Waals surface area contributed by atoms with Gasteiger partial charge in [0.15, 0.2) is 25.2 Å². The third-order valence-electron chi connectivity index (χ3n) is 19.9. The number of rotatable bonds is 17. The Kier molecular flexibility index (Phi) is 18.2. The Balaban J connectivity index is 0.896. The first-order valence-electron chi connectivity index (χ1n) is 28.1. The molecule has 28 unspecified atom stereocenters. The largest absolute Gasteiger partial charge is 0.459 e. The fraction of sp³-hybridized carbons (Fsp3) is 0.943. The fourth-order valence-electron chi connectivity index (χ4n) is 16.0. The Labute approximate surface area is 460 Å². The molecule has 5 aliphatic heterocycles. The molecule has 0 bridgehead atoms. The van der Waals surface area contributed by atoms with Gasteiger partial charge < -0.3 is 98.4 Å². The van der Waals surface area contributed by atoms with Crippen molar-refractivity contribution in [1.29, 1.82) is 0 Å². The fourth-order valence-corrected chi connectivity index (χ4v) is 16.4. The van der Waals surface area contributed by atoms with Crippen LogP contribution in [0.1, 0.15) is 106 Å². The molecule has 5 heterocycles. The van der Waals surface area contributed by atoms with Gasteiger partial charge >= 0.3 is 16.4 Å². The van der Waals surface area contributed by atoms with Crippen LogP contribution >= 0.6 is 0 Å². The molecule has 1 spiro atoms. The van der Waals surface area contributed by atoms with E-state index >= 15 is 0 Å². The van der Waals surface area contributed by atoms with Crippen molar-refractivity contribution < 1.29 is 120 Å². The third kappa shape index (κ3) is 10.9. The lowest BCUT2D eigenvalue weighted by Crippen LogP contribution is -2.67. The summed E-state index contributed by atoms with van der Waals surface area (Å²) in [5.41, 5.74) is -1.56. The smallest absolute Gasteiger partial charge is 0.397 e. The summed E-state index contributed by atoms with van der Waals surface area (Å²) >= 11 is 0. The lowest BCUT2D eigenvalue weighted by Gasteiger charge is -2.62. The summed E-state index contributed by atoms with van der Waals surface area (Å²) in [6.07, 6.45) is -24.6. The quantitative estimate of drug-likeness (QED) is 0.0364. The van der Waals surface area contributed by atoms with Crippen molar-refractivity contribution >= 4 is 16.4 Å². The number of esters is 1. The number of methoxy groups -OCH3 is 1. The van der Waals surface area contributed by atoms with E-state index in [0.29, 0.717) is 18.8 Å². The number of hydrogen-bond acceptors (Lipinski definition) is 24. The highest BCUT2D eigenvalue weighted by molar-refractivity contribution is 7.80. The van der Waals surface area contributed by atoms with E-state index in [-0.39, 0.29) is 29.6 Å². The van der Waals surface area contributed by atoms with Crippen LogP contribution in [0.3, 0.4) is 0 Å². The van der Waals surface area contributed by atoms with E-state index in [1.807, 2.05) is 13.0 Å². The topological polar surface area (TPSA) is 375 Å². The zero-order valence-corrected chi connectivity index (χ0v) is 46.9. The molecule has 25 nitrogen and oxygen atoms in total. The lowest BCUT2D eigenvalue weighted by molar-refractivity contribution is -0.389. The molecule has 4 aliphatic carbocycles. The number of aliphatic hydroxyl groups excluding tert-OH is 10. The molecule has 9 rings (SSSR count). The maximum atomic E-state index is 14.2. The Morgan fingerprint density at radius 3 is 1.91 bits per heavy atom. The van der Waals surface area contributed by atoms with Crippen molar-refractivity contribution in [3.8, 4) is 0 Å². The van der Waals surface area contributed by atoms with Gasteiger partial charge in [-0.3, -0.25) is 9.35 Å². The summed E-state index contributed by atoms with van der Waals surface area (Å²) < 4.78 is 97.9. The summed E-state index contributed by atoms with van der Waals surface area (Å²) in [6.45, 7) is 12.0. The van der Waals surface area contributed by atoms with E-state index < -0.39 is 181 Å². The average molecular weight is 1160 g/mol. The Morgan fingerprint density at radius 2 is 1.29 bits per heavy atom. The highest BCUT2D eigenvalue weighted by Crippen LogP contribution is 2.71. The molecule has 3 saturated carbocycles. The van der Waals surface area contributed by atoms with E-state index in [9.17, 15) is 68.8 Å². The van der Waals surface area contributed by atoms with Crippen LogP contribution in [0.2, 0.25) is 0 Å². The summed E-state index contributed by atoms with van der Waals surface area (Å²) in [7, 11) is -3.98. The van der Waals surface area contributed by atoms with E-state index in [1.165, 1.54) is 14.0 Å². The van der Waals surface area contributed by atoms with E-state index in [2.05, 4.69) is 34.6 Å². The maximum Gasteiger partial charge on any atom is 0.397 e. The molecule has 0 radical (unpaired) electrons. The first kappa shape index (κ1) is 61.9. The predicted octanol–water partition coefficient (Wildman–Crippen LogP) is -0.900. The number of hydrogen-bond donors (Lipinski definition) is 11. The first-order valence-corrected chi connectivity index (χ1v) is 29.4. The van der Waals surface area contributed by atoms with E-state index in [0.717, 1.165) is 50.5 Å². The van der Waals surface area contributed by atoms with Crippen LogP contribution in [0.5, 0.6) is 0 Å². The molecule has 0 aromatic heterocycles. The number of carbonyl (C=O) groups is 1. The van der Waals surface area contributed by atoms with Gasteiger partial charge in [-0.25, -0.2) is 4.18 Å². The molecular formula is C53H86O25S. The maximum absolute atomic E-state index is 14.2. The van der Waals surface area contributed by atoms with Crippen LogP contribution in [0.15, 0.2) is 11.6 Å². The van der Waals surface area contributed by atoms with Crippen LogP contribution in [0, 0.1) is 45.8 Å². The van der Waals surface area contributed by atoms with Crippen molar-refractivity contribution in [2.24, 2.45) is 45.8 Å². The number of aliphatic hydroxyl groups is 10. The van der Waals surface area contributed by atoms with Gasteiger partial charge in [-0.2, -0.15) is 8.42 Å². The minimum atomic E-state index is -5.17. The van der Waals surface area contributed by atoms with Gasteiger partial charge in [0.1, 0.15) is 96.5 Å². The highest BCUT2D eigenvalue weighted by Gasteiger charge is 2.74. The third-order valence-corrected chi connectivity index (χ3v) is 20.4. The second-order valence-corrected chi connectivity index (χ2v) is 26.3. The average Bonchev–Trinajstić information content (AvgIpc) is 4.01. The molecule has 454 valence electrons. The summed E-state index contributed by atoms with van der Waals surface area (Å²) in [6, 6.07) is 0. The molecular weight excluding hydrogens is 1070 g/mol. The van der Waals surface area contributed by atoms with Gasteiger partial charge in [-0.05, 0) is 99.7 Å². The van der Waals surface area contributed by atoms with Gasteiger partial charge in [0, 0.05) is 13.0 Å². The highest BCUT2D eigenvalue weighted by atomic mass is 32.3. The van der Waals surface area contributed by atoms with Crippen molar-refractivity contribution in [1.82, 2.24) is 0 Å². The Bertz CT molecular complexity index is 2270. The molecule has 5 saturated heterocycles. The van der Waals surface area contributed by atoms with Crippen LogP contribution < -0.4 is 0 Å². The number of carbonyl (C=O) groups excluding carboxylic acids is 1. The van der Waals surface area contributed by atoms with Crippen LogP contribution in [0.25, 0.3) is 0 Å². The molecule has 26 heteroatoms. The van der Waals surface area contributed by atoms with Gasteiger partial charge in [0.25, 0.3) is 0 Å². The molecule has 8 fully saturated rings. The first-order chi connectivity index (χ1) is 37.1. The van der Waals surface area contributed by atoms with Gasteiger partial charge in [-0.1, -0.05) is 52.7 Å². The van der Waals surface area contributed by atoms with Gasteiger partial charge in [0.05, 0.1) is 38.1 Å². The number of cyclic esters (lactones) is 1. The Hall–Kier alpha value is -1.68. The molecule has 9 aliphatic rings. The predicted molar refractivity (Wildman–Crippen MR) is 268 cm³/mol. The standard InChI is InChI=1S/C53H86O25S/c1-22(2)10-9-16-52(7)31-14-12-25-24-11-13-30-50(4,5)33(15-17-51(30,6)26(24)18-32(56)53(25,31)49(64)77-52)73-48-44(36(59)29(21-69-48)78-79(65,66)67)76-45-38(61)37(60)41(23(3)70-45)74-47-40(63)43(35(58)28(20-55)72-47)75-46-39(62)42(68-8)34(57)27(19-54)71-46/h18,22-25,27-48,54-63H,9-17,19-21H2,1-8H3,(H,65,66,67). The Morgan fingerprint density at radius 1 is 0.696 bits per heavy atom. The van der Waals surface area contributed by atoms with Crippen molar-refractivity contribution in [3.63, 3.8) is 0 Å². The normalized spacial score (nSPS) is 50.8. The minimum Gasteiger partial charge on any atom is -0.459 e.